The van der Waals surface area contributed by atoms with E-state index in [0.29, 0.717) is 12.8 Å². The van der Waals surface area contributed by atoms with Gasteiger partial charge in [-0.25, -0.2) is 19.7 Å². The first-order valence-corrected chi connectivity index (χ1v) is 15.0. The number of hydroxylamine groups is 4. The molecule has 0 N–H and O–H groups in total. The molecule has 2 aromatic rings. The minimum Gasteiger partial charge on any atom is -0.467 e. The third kappa shape index (κ3) is 6.99. The molecule has 0 spiro atoms. The summed E-state index contributed by atoms with van der Waals surface area (Å²) < 4.78 is 9.45. The van der Waals surface area contributed by atoms with Crippen molar-refractivity contribution in [2.75, 3.05) is 14.2 Å². The van der Waals surface area contributed by atoms with Crippen LogP contribution in [0.5, 0.6) is 0 Å². The van der Waals surface area contributed by atoms with E-state index in [9.17, 15) is 59.6 Å². The highest BCUT2D eigenvalue weighted by atomic mass is 16.7. The van der Waals surface area contributed by atoms with Crippen molar-refractivity contribution in [3.63, 3.8) is 0 Å². The Labute approximate surface area is 290 Å². The molecule has 2 aromatic carbocycles. The highest BCUT2D eigenvalue weighted by Crippen LogP contribution is 2.39. The summed E-state index contributed by atoms with van der Waals surface area (Å²) in [4.78, 5) is 101. The van der Waals surface area contributed by atoms with Gasteiger partial charge in [-0.15, -0.1) is 0 Å². The number of methoxy groups -OCH3 is 2. The molecule has 2 aliphatic heterocycles. The molecular weight excluding hydrogens is 700 g/mol. The quantitative estimate of drug-likeness (QED) is 0.163. The molecule has 0 unspecified atom stereocenters. The van der Waals surface area contributed by atoms with Gasteiger partial charge >= 0.3 is 11.9 Å². The van der Waals surface area contributed by atoms with Crippen molar-refractivity contribution in [2.45, 2.75) is 37.1 Å². The molecule has 0 aromatic heterocycles. The summed E-state index contributed by atoms with van der Waals surface area (Å²) in [5.41, 5.74) is -3.12. The molecule has 0 saturated carbocycles. The maximum Gasteiger partial charge on any atom is 0.331 e. The number of ether oxygens (including phenoxy) is 2. The molecule has 0 radical (unpaired) electrons. The number of nitrogens with zero attached hydrogens (tertiary/aromatic N) is 6. The fourth-order valence-corrected chi connectivity index (χ4v) is 6.12. The van der Waals surface area contributed by atoms with Crippen LogP contribution in [0, 0.1) is 52.3 Å². The van der Waals surface area contributed by atoms with Crippen molar-refractivity contribution in [3.05, 3.63) is 112 Å². The molecule has 272 valence electrons. The second-order valence-electron chi connectivity index (χ2n) is 11.5. The van der Waals surface area contributed by atoms with Crippen molar-refractivity contribution < 1.29 is 58.0 Å². The number of carbonyl (C=O) groups is 4. The van der Waals surface area contributed by atoms with Gasteiger partial charge in [-0.2, -0.15) is 0 Å². The van der Waals surface area contributed by atoms with Crippen LogP contribution >= 0.6 is 0 Å². The number of nitro benzene ring substituents is 4. The van der Waals surface area contributed by atoms with Crippen LogP contribution < -0.4 is 0 Å². The van der Waals surface area contributed by atoms with Gasteiger partial charge < -0.3 is 9.47 Å². The molecular formula is C30H26N6O16. The summed E-state index contributed by atoms with van der Waals surface area (Å²) in [6.45, 7) is 0. The Hall–Kier alpha value is -6.68. The van der Waals surface area contributed by atoms with Gasteiger partial charge in [-0.1, -0.05) is 24.3 Å². The fraction of sp³-hybridized carbons (Fsp3) is 0.333. The van der Waals surface area contributed by atoms with Crippen LogP contribution in [0.4, 0.5) is 22.7 Å². The van der Waals surface area contributed by atoms with Crippen molar-refractivity contribution in [2.24, 2.45) is 11.8 Å². The van der Waals surface area contributed by atoms with E-state index in [1.807, 2.05) is 12.2 Å². The Balaban J connectivity index is 0.000000201. The first-order chi connectivity index (χ1) is 24.7. The van der Waals surface area contributed by atoms with E-state index in [0.717, 1.165) is 46.5 Å². The van der Waals surface area contributed by atoms with Crippen LogP contribution in [0.1, 0.15) is 33.6 Å². The molecule has 6 atom stereocenters. The number of amides is 2. The Morgan fingerprint density at radius 1 is 0.596 bits per heavy atom. The predicted molar refractivity (Wildman–Crippen MR) is 168 cm³/mol. The van der Waals surface area contributed by atoms with E-state index in [1.165, 1.54) is 14.2 Å². The third-order valence-corrected chi connectivity index (χ3v) is 8.53. The van der Waals surface area contributed by atoms with Gasteiger partial charge in [-0.05, 0) is 12.8 Å². The number of fused-ring (bicyclic) bond motifs is 2. The van der Waals surface area contributed by atoms with Crippen molar-refractivity contribution in [1.29, 1.82) is 0 Å². The molecule has 2 fully saturated rings. The van der Waals surface area contributed by atoms with E-state index in [2.05, 4.69) is 0 Å². The Kier molecular flexibility index (Phi) is 10.3. The molecule has 6 rings (SSSR count). The number of carbonyl (C=O) groups excluding carboxylic acids is 4. The Bertz CT molecular complexity index is 1750. The van der Waals surface area contributed by atoms with Gasteiger partial charge in [0.15, 0.2) is 12.1 Å². The van der Waals surface area contributed by atoms with Gasteiger partial charge in [-0.3, -0.25) is 59.7 Å². The zero-order valence-corrected chi connectivity index (χ0v) is 26.9. The topological polar surface area (TPSA) is 284 Å². The first-order valence-electron chi connectivity index (χ1n) is 15.0. The van der Waals surface area contributed by atoms with Crippen LogP contribution in [0.2, 0.25) is 0 Å². The lowest BCUT2D eigenvalue weighted by Crippen LogP contribution is -2.43. The van der Waals surface area contributed by atoms with Crippen molar-refractivity contribution in [1.82, 2.24) is 10.1 Å². The van der Waals surface area contributed by atoms with E-state index in [4.69, 9.17) is 19.1 Å². The summed E-state index contributed by atoms with van der Waals surface area (Å²) >= 11 is 0. The normalized spacial score (nSPS) is 23.6. The Morgan fingerprint density at radius 2 is 0.904 bits per heavy atom. The second-order valence-corrected chi connectivity index (χ2v) is 11.5. The standard InChI is InChI=1S/2C15H13N3O8/c2*1-25-15(20)13-11-3-2-4-12(11)26-16(13)14(19)8-5-9(17(21)22)7-10(6-8)18(23)24/h2*2,4-7,11-13H,3H2,1H3/t2*11-,12+,13+/m00/s1. The van der Waals surface area contributed by atoms with Crippen LogP contribution in [0.3, 0.4) is 0 Å². The average molecular weight is 727 g/mol. The summed E-state index contributed by atoms with van der Waals surface area (Å²) in [7, 11) is 2.33. The summed E-state index contributed by atoms with van der Waals surface area (Å²) in [5, 5.41) is 45.5. The predicted octanol–water partition coefficient (Wildman–Crippen LogP) is 2.75. The zero-order chi connectivity index (χ0) is 38.0. The lowest BCUT2D eigenvalue weighted by atomic mass is 9.96. The largest absolute Gasteiger partial charge is 0.467 e. The summed E-state index contributed by atoms with van der Waals surface area (Å²) in [5.74, 6) is -3.88. The molecule has 52 heavy (non-hydrogen) atoms. The maximum atomic E-state index is 12.8. The third-order valence-electron chi connectivity index (χ3n) is 8.53. The second kappa shape index (κ2) is 14.7. The van der Waals surface area contributed by atoms with E-state index in [1.54, 1.807) is 12.2 Å². The van der Waals surface area contributed by atoms with Crippen molar-refractivity contribution in [3.8, 4) is 0 Å². The van der Waals surface area contributed by atoms with E-state index in [-0.39, 0.29) is 23.0 Å². The number of benzene rings is 2. The number of hydrogen-bond donors (Lipinski definition) is 0. The van der Waals surface area contributed by atoms with Crippen LogP contribution in [-0.4, -0.2) is 92.1 Å². The van der Waals surface area contributed by atoms with Gasteiger partial charge in [0.05, 0.1) is 57.2 Å². The van der Waals surface area contributed by atoms with Gasteiger partial charge in [0.1, 0.15) is 12.2 Å². The number of esters is 2. The lowest BCUT2D eigenvalue weighted by molar-refractivity contribution is -0.394. The molecule has 0 bridgehead atoms. The van der Waals surface area contributed by atoms with E-state index >= 15 is 0 Å². The molecule has 2 heterocycles. The Morgan fingerprint density at radius 3 is 1.17 bits per heavy atom. The summed E-state index contributed by atoms with van der Waals surface area (Å²) in [6, 6.07) is 2.99. The molecule has 2 amide bonds. The smallest absolute Gasteiger partial charge is 0.331 e. The number of hydrogen-bond acceptors (Lipinski definition) is 16. The maximum absolute atomic E-state index is 12.8. The first kappa shape index (κ1) is 36.6. The number of rotatable bonds is 8. The zero-order valence-electron chi connectivity index (χ0n) is 26.9. The molecule has 2 aliphatic carbocycles. The summed E-state index contributed by atoms with van der Waals surface area (Å²) in [6.07, 6.45) is 6.96. The highest BCUT2D eigenvalue weighted by Gasteiger charge is 2.52. The van der Waals surface area contributed by atoms with Crippen LogP contribution in [-0.2, 0) is 28.7 Å². The van der Waals surface area contributed by atoms with Gasteiger partial charge in [0.25, 0.3) is 34.6 Å². The number of nitro groups is 4. The lowest BCUT2D eigenvalue weighted by Gasteiger charge is -2.22. The molecule has 22 nitrogen and oxygen atoms in total. The molecule has 4 aliphatic rings. The van der Waals surface area contributed by atoms with Gasteiger partial charge in [0.2, 0.25) is 0 Å². The SMILES string of the molecule is COC(=O)[C@H]1[C@H]2CC=C[C@H]2ON1C(=O)c1cc([N+](=O)[O-])cc([N+](=O)[O-])c1.COC(=O)[C@H]1[C@H]2CC=C[C@H]2ON1C(=O)c1cc([N+](=O)[O-])cc([N+](=O)[O-])c1. The fourth-order valence-electron chi connectivity index (χ4n) is 6.12. The van der Waals surface area contributed by atoms with Gasteiger partial charge in [0, 0.05) is 36.1 Å². The van der Waals surface area contributed by atoms with Crippen molar-refractivity contribution >= 4 is 46.5 Å². The van der Waals surface area contributed by atoms with E-state index < -0.39 is 90.5 Å². The number of non-ortho nitro benzene ring substituents is 4. The van der Waals surface area contributed by atoms with Crippen LogP contribution in [0.25, 0.3) is 0 Å². The average Bonchev–Trinajstić information content (AvgIpc) is 3.92. The number of allylic oxidation sites excluding steroid dienone is 2. The molecule has 22 heteroatoms. The minimum atomic E-state index is -1.05. The minimum absolute atomic E-state index is 0.330. The monoisotopic (exact) mass is 726 g/mol. The highest BCUT2D eigenvalue weighted by molar-refractivity contribution is 5.98. The van der Waals surface area contributed by atoms with Crippen LogP contribution in [0.15, 0.2) is 60.7 Å². The molecule has 2 saturated heterocycles.